The maximum absolute atomic E-state index is 13.1. The molecule has 0 bridgehead atoms. The van der Waals surface area contributed by atoms with E-state index in [9.17, 15) is 14.4 Å². The van der Waals surface area contributed by atoms with Crippen LogP contribution < -0.4 is 24.7 Å². The van der Waals surface area contributed by atoms with Gasteiger partial charge in [-0.15, -0.1) is 0 Å². The van der Waals surface area contributed by atoms with Crippen molar-refractivity contribution >= 4 is 5.97 Å². The molecule has 0 fully saturated rings. The van der Waals surface area contributed by atoms with Gasteiger partial charge in [-0.25, -0.2) is 9.18 Å². The summed E-state index contributed by atoms with van der Waals surface area (Å²) in [7, 11) is 3.07. The molecular formula is C25H19FN2O5. The molecule has 166 valence electrons. The molecule has 1 atom stereocenters. The number of nitrogens with zero attached hydrogens (tertiary/aromatic N) is 1. The molecule has 0 aliphatic carbocycles. The Morgan fingerprint density at radius 3 is 2.36 bits per heavy atom. The van der Waals surface area contributed by atoms with Crippen molar-refractivity contribution in [3.05, 3.63) is 94.6 Å². The Kier molecular flexibility index (Phi) is 5.87. The van der Waals surface area contributed by atoms with Gasteiger partial charge in [0.2, 0.25) is 5.88 Å². The summed E-state index contributed by atoms with van der Waals surface area (Å²) < 4.78 is 35.0. The van der Waals surface area contributed by atoms with Gasteiger partial charge in [0, 0.05) is 23.3 Å². The van der Waals surface area contributed by atoms with Crippen LogP contribution in [0, 0.1) is 17.1 Å². The SMILES string of the molecule is COc1ccc(C2C(C#N)=C(N)Oc3cc(OC(=O)c4ccc(F)cc4)ccc32)c(OC)c1. The molecule has 2 N–H and O–H groups in total. The molecule has 33 heavy (non-hydrogen) atoms. The highest BCUT2D eigenvalue weighted by Crippen LogP contribution is 2.46. The van der Waals surface area contributed by atoms with Crippen molar-refractivity contribution in [2.24, 2.45) is 5.73 Å². The van der Waals surface area contributed by atoms with Crippen molar-refractivity contribution in [1.29, 1.82) is 5.26 Å². The average molecular weight is 446 g/mol. The Bertz CT molecular complexity index is 1300. The van der Waals surface area contributed by atoms with Crippen LogP contribution in [0.5, 0.6) is 23.0 Å². The standard InChI is InChI=1S/C25H19FN2O5/c1-30-16-7-9-18(21(11-16)31-2)23-19-10-8-17(12-22(19)33-24(28)20(23)13-27)32-25(29)14-3-5-15(26)6-4-14/h3-12,23H,28H2,1-2H3. The number of fused-ring (bicyclic) bond motifs is 1. The Hall–Kier alpha value is -4.51. The number of carbonyl (C=O) groups excluding carboxylic acids is 1. The summed E-state index contributed by atoms with van der Waals surface area (Å²) in [5.41, 5.74) is 7.82. The summed E-state index contributed by atoms with van der Waals surface area (Å²) in [6, 6.07) is 17.2. The highest BCUT2D eigenvalue weighted by Gasteiger charge is 2.33. The molecule has 0 saturated carbocycles. The number of nitrogens with two attached hydrogens (primary N) is 1. The number of methoxy groups -OCH3 is 2. The molecular weight excluding hydrogens is 427 g/mol. The Labute approximate surface area is 189 Å². The third-order valence-corrected chi connectivity index (χ3v) is 5.23. The lowest BCUT2D eigenvalue weighted by Crippen LogP contribution is -2.21. The highest BCUT2D eigenvalue weighted by molar-refractivity contribution is 5.91. The molecule has 0 amide bonds. The zero-order valence-electron chi connectivity index (χ0n) is 17.8. The molecule has 0 saturated heterocycles. The van der Waals surface area contributed by atoms with Crippen molar-refractivity contribution in [3.63, 3.8) is 0 Å². The van der Waals surface area contributed by atoms with Crippen LogP contribution in [0.1, 0.15) is 27.4 Å². The second-order valence-corrected chi connectivity index (χ2v) is 7.13. The lowest BCUT2D eigenvalue weighted by atomic mass is 9.83. The monoisotopic (exact) mass is 446 g/mol. The number of benzene rings is 3. The summed E-state index contributed by atoms with van der Waals surface area (Å²) in [5, 5.41) is 9.77. The van der Waals surface area contributed by atoms with Crippen molar-refractivity contribution in [2.75, 3.05) is 14.2 Å². The number of esters is 1. The first-order valence-electron chi connectivity index (χ1n) is 9.86. The van der Waals surface area contributed by atoms with Gasteiger partial charge in [-0.05, 0) is 36.4 Å². The smallest absolute Gasteiger partial charge is 0.343 e. The molecule has 1 heterocycles. The predicted molar refractivity (Wildman–Crippen MR) is 117 cm³/mol. The third-order valence-electron chi connectivity index (χ3n) is 5.23. The number of nitriles is 1. The minimum atomic E-state index is -0.652. The molecule has 1 aliphatic heterocycles. The average Bonchev–Trinajstić information content (AvgIpc) is 2.83. The number of allylic oxidation sites excluding steroid dienone is 1. The number of halogens is 1. The molecule has 1 aliphatic rings. The van der Waals surface area contributed by atoms with Gasteiger partial charge in [-0.2, -0.15) is 5.26 Å². The van der Waals surface area contributed by atoms with Crippen LogP contribution in [-0.2, 0) is 0 Å². The summed E-state index contributed by atoms with van der Waals surface area (Å²) in [6.07, 6.45) is 0. The van der Waals surface area contributed by atoms with Crippen LogP contribution in [0.15, 0.2) is 72.1 Å². The fourth-order valence-electron chi connectivity index (χ4n) is 3.63. The quantitative estimate of drug-likeness (QED) is 0.461. The van der Waals surface area contributed by atoms with Crippen LogP contribution in [0.2, 0.25) is 0 Å². The topological polar surface area (TPSA) is 104 Å². The molecule has 3 aromatic rings. The summed E-state index contributed by atoms with van der Waals surface area (Å²) in [4.78, 5) is 12.4. The summed E-state index contributed by atoms with van der Waals surface area (Å²) in [6.45, 7) is 0. The molecule has 0 radical (unpaired) electrons. The van der Waals surface area contributed by atoms with E-state index in [-0.39, 0.29) is 22.8 Å². The van der Waals surface area contributed by atoms with E-state index in [1.807, 2.05) is 0 Å². The maximum atomic E-state index is 13.1. The number of carbonyl (C=O) groups is 1. The van der Waals surface area contributed by atoms with Gasteiger partial charge in [-0.3, -0.25) is 0 Å². The van der Waals surface area contributed by atoms with Crippen molar-refractivity contribution in [3.8, 4) is 29.1 Å². The molecule has 8 heteroatoms. The molecule has 0 aromatic heterocycles. The van der Waals surface area contributed by atoms with E-state index in [0.29, 0.717) is 28.4 Å². The van der Waals surface area contributed by atoms with E-state index in [2.05, 4.69) is 6.07 Å². The van der Waals surface area contributed by atoms with Crippen molar-refractivity contribution in [1.82, 2.24) is 0 Å². The van der Waals surface area contributed by atoms with Crippen LogP contribution in [-0.4, -0.2) is 20.2 Å². The second kappa shape index (κ2) is 8.93. The van der Waals surface area contributed by atoms with Gasteiger partial charge in [0.25, 0.3) is 0 Å². The maximum Gasteiger partial charge on any atom is 0.343 e. The third kappa shape index (κ3) is 4.16. The first-order valence-corrected chi connectivity index (χ1v) is 9.86. The first kappa shape index (κ1) is 21.7. The molecule has 3 aromatic carbocycles. The summed E-state index contributed by atoms with van der Waals surface area (Å²) in [5.74, 6) is -0.0857. The number of ether oxygens (including phenoxy) is 4. The zero-order chi connectivity index (χ0) is 23.5. The van der Waals surface area contributed by atoms with Crippen LogP contribution in [0.4, 0.5) is 4.39 Å². The van der Waals surface area contributed by atoms with Crippen LogP contribution in [0.3, 0.4) is 0 Å². The first-order chi connectivity index (χ1) is 15.9. The van der Waals surface area contributed by atoms with E-state index >= 15 is 0 Å². The largest absolute Gasteiger partial charge is 0.497 e. The van der Waals surface area contributed by atoms with E-state index in [1.54, 1.807) is 37.4 Å². The number of hydrogen-bond donors (Lipinski definition) is 1. The fourth-order valence-corrected chi connectivity index (χ4v) is 3.63. The van der Waals surface area contributed by atoms with Gasteiger partial charge < -0.3 is 24.7 Å². The fraction of sp³-hybridized carbons (Fsp3) is 0.120. The van der Waals surface area contributed by atoms with Gasteiger partial charge in [0.15, 0.2) is 0 Å². The minimum absolute atomic E-state index is 0.0603. The zero-order valence-corrected chi connectivity index (χ0v) is 17.8. The van der Waals surface area contributed by atoms with Crippen molar-refractivity contribution in [2.45, 2.75) is 5.92 Å². The highest BCUT2D eigenvalue weighted by atomic mass is 19.1. The van der Waals surface area contributed by atoms with Crippen LogP contribution >= 0.6 is 0 Å². The minimum Gasteiger partial charge on any atom is -0.497 e. The van der Waals surface area contributed by atoms with E-state index in [1.165, 1.54) is 37.4 Å². The van der Waals surface area contributed by atoms with Gasteiger partial charge in [0.1, 0.15) is 40.5 Å². The lowest BCUT2D eigenvalue weighted by Gasteiger charge is -2.27. The second-order valence-electron chi connectivity index (χ2n) is 7.13. The van der Waals surface area contributed by atoms with E-state index < -0.39 is 17.7 Å². The van der Waals surface area contributed by atoms with Gasteiger partial charge in [0.05, 0.1) is 25.7 Å². The number of hydrogen-bond acceptors (Lipinski definition) is 7. The molecule has 7 nitrogen and oxygen atoms in total. The summed E-state index contributed by atoms with van der Waals surface area (Å²) >= 11 is 0. The van der Waals surface area contributed by atoms with E-state index in [4.69, 9.17) is 24.7 Å². The van der Waals surface area contributed by atoms with Crippen LogP contribution in [0.25, 0.3) is 0 Å². The molecule has 4 rings (SSSR count). The predicted octanol–water partition coefficient (Wildman–Crippen LogP) is 4.28. The molecule has 1 unspecified atom stereocenters. The Balaban J connectivity index is 1.72. The van der Waals surface area contributed by atoms with E-state index in [0.717, 1.165) is 0 Å². The van der Waals surface area contributed by atoms with Gasteiger partial charge >= 0.3 is 5.97 Å². The Morgan fingerprint density at radius 1 is 1.00 bits per heavy atom. The van der Waals surface area contributed by atoms with Crippen molar-refractivity contribution < 1.29 is 28.1 Å². The molecule has 0 spiro atoms. The number of rotatable bonds is 5. The Morgan fingerprint density at radius 2 is 1.70 bits per heavy atom. The lowest BCUT2D eigenvalue weighted by molar-refractivity contribution is 0.0734. The normalized spacial score (nSPS) is 14.5. The van der Waals surface area contributed by atoms with Gasteiger partial charge in [-0.1, -0.05) is 12.1 Å².